The van der Waals surface area contributed by atoms with Gasteiger partial charge in [-0.2, -0.15) is 0 Å². The first kappa shape index (κ1) is 21.7. The standard InChI is InChI=1S/C21H31N3O2.ClH/c1-2-6-20(25)23-11-9-17(10-12-23)21(26)24-14-18(13-22)19(15-24)16-7-4-3-5-8-16;/h3-5,7-8,17-19H,2,6,9-15,22H2,1H3;1H/t18-,19+;/m1./s1. The number of piperidine rings is 1. The molecule has 1 aromatic carbocycles. The van der Waals surface area contributed by atoms with Crippen LogP contribution in [0.5, 0.6) is 0 Å². The summed E-state index contributed by atoms with van der Waals surface area (Å²) < 4.78 is 0. The molecular formula is C21H32ClN3O2. The molecule has 2 aliphatic rings. The fraction of sp³-hybridized carbons (Fsp3) is 0.619. The van der Waals surface area contributed by atoms with Crippen LogP contribution in [0.15, 0.2) is 30.3 Å². The summed E-state index contributed by atoms with van der Waals surface area (Å²) in [6.45, 7) is 5.58. The number of nitrogens with two attached hydrogens (primary N) is 1. The van der Waals surface area contributed by atoms with Gasteiger partial charge >= 0.3 is 0 Å². The van der Waals surface area contributed by atoms with Crippen molar-refractivity contribution in [3.63, 3.8) is 0 Å². The van der Waals surface area contributed by atoms with Gasteiger partial charge in [0.05, 0.1) is 0 Å². The number of amides is 2. The first-order chi connectivity index (χ1) is 12.6. The lowest BCUT2D eigenvalue weighted by Crippen LogP contribution is -2.44. The van der Waals surface area contributed by atoms with Crippen molar-refractivity contribution in [3.05, 3.63) is 35.9 Å². The molecule has 2 fully saturated rings. The topological polar surface area (TPSA) is 66.6 Å². The second-order valence-corrected chi connectivity index (χ2v) is 7.66. The summed E-state index contributed by atoms with van der Waals surface area (Å²) in [7, 11) is 0. The smallest absolute Gasteiger partial charge is 0.225 e. The highest BCUT2D eigenvalue weighted by Gasteiger charge is 2.38. The third-order valence-corrected chi connectivity index (χ3v) is 5.94. The van der Waals surface area contributed by atoms with Crippen LogP contribution in [-0.2, 0) is 9.59 Å². The van der Waals surface area contributed by atoms with Gasteiger partial charge in [-0.3, -0.25) is 9.59 Å². The summed E-state index contributed by atoms with van der Waals surface area (Å²) in [6, 6.07) is 10.4. The molecule has 2 amide bonds. The maximum Gasteiger partial charge on any atom is 0.225 e. The number of hydrogen-bond acceptors (Lipinski definition) is 3. The van der Waals surface area contributed by atoms with Crippen molar-refractivity contribution in [2.75, 3.05) is 32.7 Å². The van der Waals surface area contributed by atoms with Gasteiger partial charge in [0.15, 0.2) is 0 Å². The molecule has 2 N–H and O–H groups in total. The third-order valence-electron chi connectivity index (χ3n) is 5.94. The highest BCUT2D eigenvalue weighted by Crippen LogP contribution is 2.33. The second-order valence-electron chi connectivity index (χ2n) is 7.66. The third kappa shape index (κ3) is 5.02. The van der Waals surface area contributed by atoms with Crippen LogP contribution in [0.4, 0.5) is 0 Å². The van der Waals surface area contributed by atoms with Crippen LogP contribution in [0.1, 0.15) is 44.1 Å². The van der Waals surface area contributed by atoms with Crippen molar-refractivity contribution in [1.82, 2.24) is 9.80 Å². The molecule has 2 heterocycles. The number of halogens is 1. The number of carbonyl (C=O) groups is 2. The van der Waals surface area contributed by atoms with Gasteiger partial charge in [0.2, 0.25) is 11.8 Å². The lowest BCUT2D eigenvalue weighted by molar-refractivity contribution is -0.140. The Kier molecular flexibility index (Phi) is 8.11. The van der Waals surface area contributed by atoms with E-state index in [0.717, 1.165) is 32.4 Å². The van der Waals surface area contributed by atoms with Crippen LogP contribution >= 0.6 is 12.4 Å². The van der Waals surface area contributed by atoms with Crippen molar-refractivity contribution < 1.29 is 9.59 Å². The molecule has 0 radical (unpaired) electrons. The average Bonchev–Trinajstić information content (AvgIpc) is 3.13. The highest BCUT2D eigenvalue weighted by molar-refractivity contribution is 5.85. The fourth-order valence-corrected chi connectivity index (χ4v) is 4.37. The fourth-order valence-electron chi connectivity index (χ4n) is 4.37. The van der Waals surface area contributed by atoms with Gasteiger partial charge < -0.3 is 15.5 Å². The van der Waals surface area contributed by atoms with Crippen LogP contribution in [-0.4, -0.2) is 54.3 Å². The Morgan fingerprint density at radius 3 is 2.33 bits per heavy atom. The molecule has 0 bridgehead atoms. The number of benzene rings is 1. The molecule has 0 aliphatic carbocycles. The monoisotopic (exact) mass is 393 g/mol. The first-order valence-corrected chi connectivity index (χ1v) is 9.95. The minimum Gasteiger partial charge on any atom is -0.343 e. The van der Waals surface area contributed by atoms with E-state index in [9.17, 15) is 9.59 Å². The zero-order valence-corrected chi connectivity index (χ0v) is 17.0. The van der Waals surface area contributed by atoms with E-state index in [-0.39, 0.29) is 30.1 Å². The van der Waals surface area contributed by atoms with Crippen molar-refractivity contribution in [2.24, 2.45) is 17.6 Å². The van der Waals surface area contributed by atoms with E-state index in [1.165, 1.54) is 5.56 Å². The Balaban J connectivity index is 0.00000261. The summed E-state index contributed by atoms with van der Waals surface area (Å²) in [6.07, 6.45) is 3.07. The van der Waals surface area contributed by atoms with Gasteiger partial charge in [-0.1, -0.05) is 37.3 Å². The predicted molar refractivity (Wildman–Crippen MR) is 110 cm³/mol. The quantitative estimate of drug-likeness (QED) is 0.836. The molecule has 0 unspecified atom stereocenters. The summed E-state index contributed by atoms with van der Waals surface area (Å²) in [4.78, 5) is 29.0. The Morgan fingerprint density at radius 1 is 1.07 bits per heavy atom. The summed E-state index contributed by atoms with van der Waals surface area (Å²) in [5.41, 5.74) is 7.28. The largest absolute Gasteiger partial charge is 0.343 e. The molecule has 0 aromatic heterocycles. The van der Waals surface area contributed by atoms with Crippen LogP contribution in [0.2, 0.25) is 0 Å². The molecule has 5 nitrogen and oxygen atoms in total. The maximum absolute atomic E-state index is 13.0. The molecule has 150 valence electrons. The number of likely N-dealkylation sites (tertiary alicyclic amines) is 2. The van der Waals surface area contributed by atoms with Gasteiger partial charge in [0.1, 0.15) is 0 Å². The molecule has 6 heteroatoms. The van der Waals surface area contributed by atoms with Gasteiger partial charge in [0.25, 0.3) is 0 Å². The summed E-state index contributed by atoms with van der Waals surface area (Å²) in [5, 5.41) is 0. The Hall–Kier alpha value is -1.59. The zero-order valence-electron chi connectivity index (χ0n) is 16.2. The molecule has 0 spiro atoms. The van der Waals surface area contributed by atoms with Gasteiger partial charge in [-0.05, 0) is 37.3 Å². The Morgan fingerprint density at radius 2 is 1.74 bits per heavy atom. The van der Waals surface area contributed by atoms with E-state index in [0.29, 0.717) is 37.9 Å². The number of carbonyl (C=O) groups excluding carboxylic acids is 2. The summed E-state index contributed by atoms with van der Waals surface area (Å²) >= 11 is 0. The number of nitrogens with zero attached hydrogens (tertiary/aromatic N) is 2. The van der Waals surface area contributed by atoms with E-state index in [4.69, 9.17) is 5.73 Å². The molecule has 1 aromatic rings. The van der Waals surface area contributed by atoms with Crippen LogP contribution in [0.3, 0.4) is 0 Å². The highest BCUT2D eigenvalue weighted by atomic mass is 35.5. The molecule has 2 saturated heterocycles. The van der Waals surface area contributed by atoms with Crippen molar-refractivity contribution in [2.45, 2.75) is 38.5 Å². The van der Waals surface area contributed by atoms with Crippen LogP contribution in [0, 0.1) is 11.8 Å². The lowest BCUT2D eigenvalue weighted by atomic mass is 9.89. The molecule has 27 heavy (non-hydrogen) atoms. The SMILES string of the molecule is CCCC(=O)N1CCC(C(=O)N2C[C@@H](CN)[C@H](c3ccccc3)C2)CC1.Cl. The predicted octanol–water partition coefficient (Wildman–Crippen LogP) is 2.65. The van der Waals surface area contributed by atoms with E-state index < -0.39 is 0 Å². The normalized spacial score (nSPS) is 23.2. The minimum atomic E-state index is 0. The van der Waals surface area contributed by atoms with Crippen molar-refractivity contribution in [3.8, 4) is 0 Å². The van der Waals surface area contributed by atoms with Crippen molar-refractivity contribution >= 4 is 24.2 Å². The van der Waals surface area contributed by atoms with Crippen molar-refractivity contribution in [1.29, 1.82) is 0 Å². The van der Waals surface area contributed by atoms with Gasteiger partial charge in [0, 0.05) is 44.4 Å². The van der Waals surface area contributed by atoms with Gasteiger partial charge in [-0.15, -0.1) is 12.4 Å². The number of hydrogen-bond donors (Lipinski definition) is 1. The molecule has 0 saturated carbocycles. The van der Waals surface area contributed by atoms with E-state index in [1.54, 1.807) is 0 Å². The number of rotatable bonds is 5. The molecular weight excluding hydrogens is 362 g/mol. The lowest BCUT2D eigenvalue weighted by Gasteiger charge is -2.33. The van der Waals surface area contributed by atoms with Gasteiger partial charge in [-0.25, -0.2) is 0 Å². The Bertz CT molecular complexity index is 617. The molecule has 2 atom stereocenters. The summed E-state index contributed by atoms with van der Waals surface area (Å²) in [5.74, 6) is 1.19. The minimum absolute atomic E-state index is 0. The first-order valence-electron chi connectivity index (χ1n) is 9.95. The Labute approximate surface area is 168 Å². The van der Waals surface area contributed by atoms with E-state index in [1.807, 2.05) is 22.8 Å². The van der Waals surface area contributed by atoms with Crippen LogP contribution in [0.25, 0.3) is 0 Å². The van der Waals surface area contributed by atoms with Crippen LogP contribution < -0.4 is 5.73 Å². The average molecular weight is 394 g/mol. The second kappa shape index (κ2) is 10.1. The maximum atomic E-state index is 13.0. The van der Waals surface area contributed by atoms with E-state index >= 15 is 0 Å². The molecule has 2 aliphatic heterocycles. The molecule has 3 rings (SSSR count). The zero-order chi connectivity index (χ0) is 18.5. The van der Waals surface area contributed by atoms with E-state index in [2.05, 4.69) is 24.3 Å².